The van der Waals surface area contributed by atoms with Gasteiger partial charge in [-0.05, 0) is 54.6 Å². The molecule has 1 aromatic rings. The molecule has 0 aliphatic rings. The summed E-state index contributed by atoms with van der Waals surface area (Å²) in [5, 5.41) is 0.843. The van der Waals surface area contributed by atoms with Gasteiger partial charge in [-0.15, -0.1) is 0 Å². The van der Waals surface area contributed by atoms with Crippen molar-refractivity contribution in [1.82, 2.24) is 0 Å². The summed E-state index contributed by atoms with van der Waals surface area (Å²) in [6.07, 6.45) is 0. The fraction of sp³-hybridized carbons (Fsp3) is 0.400. The van der Waals surface area contributed by atoms with Gasteiger partial charge < -0.3 is 4.90 Å². The highest BCUT2D eigenvalue weighted by molar-refractivity contribution is 14.1. The van der Waals surface area contributed by atoms with Crippen molar-refractivity contribution < 1.29 is 0 Å². The van der Waals surface area contributed by atoms with Crippen LogP contribution in [0.3, 0.4) is 0 Å². The molecular weight excluding hydrogens is 296 g/mol. The molecule has 0 unspecified atom stereocenters. The van der Waals surface area contributed by atoms with Crippen LogP contribution in [0.4, 0.5) is 5.69 Å². The van der Waals surface area contributed by atoms with Crippen LogP contribution in [0, 0.1) is 3.57 Å². The maximum absolute atomic E-state index is 6.14. The highest BCUT2D eigenvalue weighted by Crippen LogP contribution is 2.27. The molecule has 0 spiro atoms. The lowest BCUT2D eigenvalue weighted by atomic mass is 10.3. The number of halogens is 2. The number of hydrogen-bond donors (Lipinski definition) is 0. The van der Waals surface area contributed by atoms with Crippen LogP contribution in [0.2, 0.25) is 5.02 Å². The summed E-state index contributed by atoms with van der Waals surface area (Å²) in [4.78, 5) is 2.25. The van der Waals surface area contributed by atoms with Crippen LogP contribution in [-0.2, 0) is 0 Å². The minimum absolute atomic E-state index is 0.843. The van der Waals surface area contributed by atoms with Gasteiger partial charge in [-0.25, -0.2) is 0 Å². The topological polar surface area (TPSA) is 3.24 Å². The third-order valence-electron chi connectivity index (χ3n) is 2.01. The Morgan fingerprint density at radius 2 is 1.92 bits per heavy atom. The lowest BCUT2D eigenvalue weighted by Gasteiger charge is -2.22. The van der Waals surface area contributed by atoms with Crippen LogP contribution < -0.4 is 4.90 Å². The van der Waals surface area contributed by atoms with Crippen molar-refractivity contribution in [2.45, 2.75) is 13.8 Å². The molecule has 0 saturated heterocycles. The fourth-order valence-corrected chi connectivity index (χ4v) is 2.28. The molecule has 0 aromatic heterocycles. The third kappa shape index (κ3) is 2.74. The number of nitrogens with zero attached hydrogens (tertiary/aromatic N) is 1. The van der Waals surface area contributed by atoms with Gasteiger partial charge in [0.2, 0.25) is 0 Å². The molecule has 0 aliphatic carbocycles. The zero-order valence-electron chi connectivity index (χ0n) is 7.85. The van der Waals surface area contributed by atoms with Crippen molar-refractivity contribution in [3.8, 4) is 0 Å². The van der Waals surface area contributed by atoms with Gasteiger partial charge in [-0.2, -0.15) is 0 Å². The van der Waals surface area contributed by atoms with E-state index in [0.717, 1.165) is 23.8 Å². The second kappa shape index (κ2) is 5.05. The summed E-state index contributed by atoms with van der Waals surface area (Å²) in [7, 11) is 0. The molecule has 0 heterocycles. The van der Waals surface area contributed by atoms with Crippen LogP contribution in [0.15, 0.2) is 18.2 Å². The molecule has 1 aromatic carbocycles. The Bertz CT molecular complexity index is 284. The first-order chi connectivity index (χ1) is 6.19. The molecule has 1 rings (SSSR count). The fourth-order valence-electron chi connectivity index (χ4n) is 1.30. The van der Waals surface area contributed by atoms with E-state index in [4.69, 9.17) is 11.6 Å². The Labute approximate surface area is 98.2 Å². The first-order valence-corrected chi connectivity index (χ1v) is 5.84. The van der Waals surface area contributed by atoms with E-state index >= 15 is 0 Å². The molecule has 0 aliphatic heterocycles. The maximum Gasteiger partial charge on any atom is 0.0650 e. The van der Waals surface area contributed by atoms with Crippen molar-refractivity contribution in [2.24, 2.45) is 0 Å². The lowest BCUT2D eigenvalue weighted by Crippen LogP contribution is -2.22. The van der Waals surface area contributed by atoms with Crippen molar-refractivity contribution in [2.75, 3.05) is 18.0 Å². The normalized spacial score (nSPS) is 10.2. The number of rotatable bonds is 3. The van der Waals surface area contributed by atoms with Crippen LogP contribution in [0.1, 0.15) is 13.8 Å². The number of hydrogen-bond acceptors (Lipinski definition) is 1. The molecule has 0 radical (unpaired) electrons. The zero-order chi connectivity index (χ0) is 9.84. The number of benzene rings is 1. The molecule has 0 atom stereocenters. The average molecular weight is 310 g/mol. The monoisotopic (exact) mass is 309 g/mol. The van der Waals surface area contributed by atoms with Gasteiger partial charge in [0.15, 0.2) is 0 Å². The Balaban J connectivity index is 2.99. The van der Waals surface area contributed by atoms with Gasteiger partial charge in [0.25, 0.3) is 0 Å². The first kappa shape index (κ1) is 11.1. The molecule has 0 N–H and O–H groups in total. The molecule has 0 fully saturated rings. The van der Waals surface area contributed by atoms with Gasteiger partial charge in [-0.1, -0.05) is 11.6 Å². The van der Waals surface area contributed by atoms with E-state index in [-0.39, 0.29) is 0 Å². The minimum Gasteiger partial charge on any atom is -0.371 e. The van der Waals surface area contributed by atoms with E-state index in [2.05, 4.69) is 53.5 Å². The predicted octanol–water partition coefficient (Wildman–Crippen LogP) is 3.79. The zero-order valence-corrected chi connectivity index (χ0v) is 10.8. The van der Waals surface area contributed by atoms with Gasteiger partial charge in [0, 0.05) is 16.7 Å². The van der Waals surface area contributed by atoms with E-state index in [9.17, 15) is 0 Å². The average Bonchev–Trinajstić information content (AvgIpc) is 2.10. The number of anilines is 1. The van der Waals surface area contributed by atoms with E-state index in [1.807, 2.05) is 6.07 Å². The Kier molecular flexibility index (Phi) is 4.32. The van der Waals surface area contributed by atoms with E-state index in [1.54, 1.807) is 0 Å². The van der Waals surface area contributed by atoms with Crippen molar-refractivity contribution in [3.63, 3.8) is 0 Å². The van der Waals surface area contributed by atoms with Crippen molar-refractivity contribution in [3.05, 3.63) is 26.8 Å². The second-order valence-electron chi connectivity index (χ2n) is 2.77. The maximum atomic E-state index is 6.14. The highest BCUT2D eigenvalue weighted by atomic mass is 127. The van der Waals surface area contributed by atoms with E-state index in [0.29, 0.717) is 0 Å². The summed E-state index contributed by atoms with van der Waals surface area (Å²) >= 11 is 8.40. The van der Waals surface area contributed by atoms with Gasteiger partial charge in [0.05, 0.1) is 10.7 Å². The molecule has 0 saturated carbocycles. The summed E-state index contributed by atoms with van der Waals surface area (Å²) in [6.45, 7) is 6.27. The van der Waals surface area contributed by atoms with Crippen LogP contribution in [-0.4, -0.2) is 13.1 Å². The molecular formula is C10H13ClIN. The minimum atomic E-state index is 0.843. The van der Waals surface area contributed by atoms with Gasteiger partial charge >= 0.3 is 0 Å². The molecule has 13 heavy (non-hydrogen) atoms. The first-order valence-electron chi connectivity index (χ1n) is 4.39. The van der Waals surface area contributed by atoms with E-state index < -0.39 is 0 Å². The lowest BCUT2D eigenvalue weighted by molar-refractivity contribution is 0.866. The second-order valence-corrected chi connectivity index (χ2v) is 4.42. The van der Waals surface area contributed by atoms with Crippen LogP contribution in [0.25, 0.3) is 0 Å². The molecule has 72 valence electrons. The van der Waals surface area contributed by atoms with Crippen LogP contribution in [0.5, 0.6) is 0 Å². The van der Waals surface area contributed by atoms with Crippen molar-refractivity contribution >= 4 is 39.9 Å². The summed E-state index contributed by atoms with van der Waals surface area (Å²) < 4.78 is 1.18. The molecule has 3 heteroatoms. The Morgan fingerprint density at radius 3 is 2.38 bits per heavy atom. The highest BCUT2D eigenvalue weighted by Gasteiger charge is 2.06. The van der Waals surface area contributed by atoms with Gasteiger partial charge in [-0.3, -0.25) is 0 Å². The predicted molar refractivity (Wildman–Crippen MR) is 67.7 cm³/mol. The summed E-state index contributed by atoms with van der Waals surface area (Å²) in [5.41, 5.74) is 1.13. The Hall–Kier alpha value is 0.0400. The molecule has 0 bridgehead atoms. The van der Waals surface area contributed by atoms with Crippen molar-refractivity contribution in [1.29, 1.82) is 0 Å². The quantitative estimate of drug-likeness (QED) is 0.768. The van der Waals surface area contributed by atoms with Gasteiger partial charge in [0.1, 0.15) is 0 Å². The third-order valence-corrected chi connectivity index (χ3v) is 2.99. The summed E-state index contributed by atoms with van der Waals surface area (Å²) in [6, 6.07) is 6.16. The standard InChI is InChI=1S/C10H13ClIN/c1-3-13(4-2)10-6-5-8(12)7-9(10)11/h5-7H,3-4H2,1-2H3. The largest absolute Gasteiger partial charge is 0.371 e. The summed E-state index contributed by atoms with van der Waals surface area (Å²) in [5.74, 6) is 0. The Morgan fingerprint density at radius 1 is 1.31 bits per heavy atom. The smallest absolute Gasteiger partial charge is 0.0650 e. The SMILES string of the molecule is CCN(CC)c1ccc(I)cc1Cl. The molecule has 1 nitrogen and oxygen atoms in total. The van der Waals surface area contributed by atoms with Crippen LogP contribution >= 0.6 is 34.2 Å². The molecule has 0 amide bonds. The van der Waals surface area contributed by atoms with E-state index in [1.165, 1.54) is 3.57 Å².